The molecule has 200 valence electrons. The van der Waals surface area contributed by atoms with Crippen LogP contribution in [0.5, 0.6) is 17.2 Å². The Morgan fingerprint density at radius 1 is 0.421 bits per heavy atom. The maximum Gasteiger partial charge on any atom is 3.00 e. The number of rotatable bonds is 6. The topological polar surface area (TPSA) is 295 Å². The molecule has 0 aliphatic rings. The number of hydrogen-bond acceptors (Lipinski definition) is 15. The SMILES string of the molecule is Nc1ccc(OP(=O)([O-])[O-])cc1.Nc1ccc(OP(=O)([O-])[O-])cc1.Nc1ccc(OP(=O)([O-])[O-])cc1.[Ce+3].[Ce+3]. The van der Waals surface area contributed by atoms with Crippen molar-refractivity contribution in [2.45, 2.75) is 0 Å². The van der Waals surface area contributed by atoms with Gasteiger partial charge in [0, 0.05) is 17.1 Å². The molecule has 0 bridgehead atoms. The predicted octanol–water partition coefficient (Wildman–Crippen LogP) is -1.57. The Hall–Kier alpha value is -0.337. The molecule has 2 radical (unpaired) electrons. The maximum atomic E-state index is 10.1. The number of nitrogen functional groups attached to an aromatic ring is 3. The van der Waals surface area contributed by atoms with Crippen molar-refractivity contribution in [3.05, 3.63) is 72.8 Å². The molecule has 0 aliphatic carbocycles. The summed E-state index contributed by atoms with van der Waals surface area (Å²) in [6, 6.07) is 16.4. The van der Waals surface area contributed by atoms with Crippen molar-refractivity contribution < 1.29 is 140 Å². The minimum absolute atomic E-state index is 0. The van der Waals surface area contributed by atoms with Gasteiger partial charge in [0.25, 0.3) is 0 Å². The summed E-state index contributed by atoms with van der Waals surface area (Å²) in [5.41, 5.74) is 17.3. The molecule has 0 aliphatic heterocycles. The van der Waals surface area contributed by atoms with Gasteiger partial charge in [-0.2, -0.15) is 0 Å². The van der Waals surface area contributed by atoms with Gasteiger partial charge in [0.15, 0.2) is 0 Å². The van der Waals surface area contributed by atoms with E-state index >= 15 is 0 Å². The molecule has 0 atom stereocenters. The summed E-state index contributed by atoms with van der Waals surface area (Å²) in [6.07, 6.45) is 0. The van der Waals surface area contributed by atoms with E-state index in [0.717, 1.165) is 0 Å². The van der Waals surface area contributed by atoms with Gasteiger partial charge in [-0.1, -0.05) is 0 Å². The quantitative estimate of drug-likeness (QED) is 0.187. The number of anilines is 3. The zero-order valence-electron chi connectivity index (χ0n) is 18.9. The largest absolute Gasteiger partial charge is 3.00 e. The van der Waals surface area contributed by atoms with E-state index in [4.69, 9.17) is 17.2 Å². The zero-order valence-corrected chi connectivity index (χ0v) is 27.9. The van der Waals surface area contributed by atoms with Gasteiger partial charge in [-0.15, -0.1) is 0 Å². The van der Waals surface area contributed by atoms with E-state index in [2.05, 4.69) is 13.6 Å². The molecule has 38 heavy (non-hydrogen) atoms. The average molecular weight is 842 g/mol. The van der Waals surface area contributed by atoms with Crippen LogP contribution in [0.4, 0.5) is 17.1 Å². The smallest absolute Gasteiger partial charge is 0.780 e. The predicted molar refractivity (Wildman–Crippen MR) is 117 cm³/mol. The summed E-state index contributed by atoms with van der Waals surface area (Å²) in [5.74, 6) is -0.0902. The Kier molecular flexibility index (Phi) is 19.0. The van der Waals surface area contributed by atoms with E-state index in [-0.39, 0.29) is 101 Å². The monoisotopic (exact) mass is 841 g/mol. The van der Waals surface area contributed by atoms with Gasteiger partial charge in [0.05, 0.1) is 0 Å². The van der Waals surface area contributed by atoms with Crippen LogP contribution in [0.2, 0.25) is 0 Å². The number of hydrogen-bond donors (Lipinski definition) is 3. The molecule has 0 heterocycles. The number of nitrogens with two attached hydrogens (primary N) is 3. The van der Waals surface area contributed by atoms with Gasteiger partial charge in [-0.05, 0) is 72.8 Å². The minimum Gasteiger partial charge on any atom is -0.780 e. The van der Waals surface area contributed by atoms with Gasteiger partial charge < -0.3 is 73.8 Å². The molecule has 3 aromatic carbocycles. The Labute approximate surface area is 284 Å². The van der Waals surface area contributed by atoms with Gasteiger partial charge in [0.2, 0.25) is 0 Å². The van der Waals surface area contributed by atoms with E-state index in [1.165, 1.54) is 72.8 Å². The normalized spacial score (nSPS) is 10.6. The van der Waals surface area contributed by atoms with E-state index in [1.54, 1.807) is 0 Å². The Bertz CT molecular complexity index is 1080. The third-order valence-electron chi connectivity index (χ3n) is 3.29. The molecule has 0 amide bonds. The molecule has 20 heteroatoms. The first kappa shape index (κ1) is 39.8. The second-order valence-corrected chi connectivity index (χ2v) is 9.55. The fraction of sp³-hybridized carbons (Fsp3) is 0. The molecule has 0 fully saturated rings. The molecule has 0 saturated carbocycles. The summed E-state index contributed by atoms with van der Waals surface area (Å²) >= 11 is 0. The fourth-order valence-electron chi connectivity index (χ4n) is 1.97. The third-order valence-corrected chi connectivity index (χ3v) is 4.60. The minimum atomic E-state index is -4.94. The fourth-order valence-corrected chi connectivity index (χ4v) is 3.11. The average Bonchev–Trinajstić information content (AvgIpc) is 2.71. The van der Waals surface area contributed by atoms with Crippen molar-refractivity contribution >= 4 is 40.5 Å². The molecule has 3 aromatic rings. The number of phosphoric acid groups is 3. The molecule has 0 unspecified atom stereocenters. The summed E-state index contributed by atoms with van der Waals surface area (Å²) < 4.78 is 42.4. The molecule has 0 aromatic heterocycles. The van der Waals surface area contributed by atoms with Crippen LogP contribution < -0.4 is 60.1 Å². The first-order chi connectivity index (χ1) is 16.4. The molecule has 3 rings (SSSR count). The van der Waals surface area contributed by atoms with Crippen LogP contribution in [-0.2, 0) is 13.7 Å². The maximum absolute atomic E-state index is 10.1. The first-order valence-corrected chi connectivity index (χ1v) is 13.5. The summed E-state index contributed by atoms with van der Waals surface area (Å²) in [7, 11) is -14.8. The molecule has 0 saturated heterocycles. The van der Waals surface area contributed by atoms with Crippen LogP contribution in [-0.4, -0.2) is 0 Å². The van der Waals surface area contributed by atoms with E-state index in [1.807, 2.05) is 0 Å². The van der Waals surface area contributed by atoms with Crippen LogP contribution in [0.3, 0.4) is 0 Å². The van der Waals surface area contributed by atoms with Crippen molar-refractivity contribution in [3.8, 4) is 17.2 Å². The van der Waals surface area contributed by atoms with Crippen LogP contribution >= 0.6 is 23.5 Å². The van der Waals surface area contributed by atoms with Crippen molar-refractivity contribution in [3.63, 3.8) is 0 Å². The van der Waals surface area contributed by atoms with Gasteiger partial charge in [0.1, 0.15) is 40.7 Å². The van der Waals surface area contributed by atoms with Crippen molar-refractivity contribution in [2.75, 3.05) is 17.2 Å². The molecule has 6 N–H and O–H groups in total. The van der Waals surface area contributed by atoms with E-state index in [9.17, 15) is 43.1 Å². The van der Waals surface area contributed by atoms with Gasteiger partial charge in [-0.25, -0.2) is 0 Å². The molecular formula is C18H18Ce2N3O12P3. The second kappa shape index (κ2) is 18.2. The van der Waals surface area contributed by atoms with Crippen LogP contribution in [0.1, 0.15) is 0 Å². The summed E-state index contributed by atoms with van der Waals surface area (Å²) in [4.78, 5) is 60.6. The van der Waals surface area contributed by atoms with Gasteiger partial charge in [-0.3, -0.25) is 0 Å². The van der Waals surface area contributed by atoms with Crippen molar-refractivity contribution in [1.82, 2.24) is 0 Å². The van der Waals surface area contributed by atoms with Crippen LogP contribution in [0, 0.1) is 83.5 Å². The number of phosphoric ester groups is 3. The number of benzene rings is 3. The second-order valence-electron chi connectivity index (χ2n) is 6.32. The van der Waals surface area contributed by atoms with Gasteiger partial charge >= 0.3 is 83.5 Å². The summed E-state index contributed by atoms with van der Waals surface area (Å²) in [5, 5.41) is 0. The molecule has 15 nitrogen and oxygen atoms in total. The summed E-state index contributed by atoms with van der Waals surface area (Å²) in [6.45, 7) is 0. The van der Waals surface area contributed by atoms with Crippen LogP contribution in [0.15, 0.2) is 72.8 Å². The molecular weight excluding hydrogens is 823 g/mol. The zero-order chi connectivity index (χ0) is 27.6. The Balaban J connectivity index is 0. The van der Waals surface area contributed by atoms with E-state index < -0.39 is 23.5 Å². The first-order valence-electron chi connectivity index (χ1n) is 9.13. The van der Waals surface area contributed by atoms with Crippen LogP contribution in [0.25, 0.3) is 0 Å². The Morgan fingerprint density at radius 2 is 0.579 bits per heavy atom. The third kappa shape index (κ3) is 21.5. The standard InChI is InChI=1S/3C6H8NO4P.2Ce/c3*7-5-1-3-6(4-2-5)11-12(8,9)10;;/h3*1-4H,7H2,(H2,8,9,10);;/q;;;2*+3/p-6. The molecule has 0 spiro atoms. The Morgan fingerprint density at radius 3 is 0.711 bits per heavy atom. The van der Waals surface area contributed by atoms with Crippen molar-refractivity contribution in [2.24, 2.45) is 0 Å². The van der Waals surface area contributed by atoms with Crippen molar-refractivity contribution in [1.29, 1.82) is 0 Å². The van der Waals surface area contributed by atoms with E-state index in [0.29, 0.717) is 17.1 Å².